The minimum absolute atomic E-state index is 0.247. The van der Waals surface area contributed by atoms with Gasteiger partial charge in [-0.25, -0.2) is 0 Å². The van der Waals surface area contributed by atoms with Gasteiger partial charge in [-0.15, -0.1) is 0 Å². The Bertz CT molecular complexity index is 1430. The molecule has 32 heavy (non-hydrogen) atoms. The van der Waals surface area contributed by atoms with E-state index in [0.717, 1.165) is 11.1 Å². The van der Waals surface area contributed by atoms with E-state index in [2.05, 4.69) is 61.5 Å². The number of hydrogen-bond donors (Lipinski definition) is 2. The Hall–Kier alpha value is -4.04. The molecule has 2 heteroatoms. The molecule has 2 N–H and O–H groups in total. The van der Waals surface area contributed by atoms with E-state index in [0.29, 0.717) is 0 Å². The Kier molecular flexibility index (Phi) is 3.93. The van der Waals surface area contributed by atoms with Gasteiger partial charge in [0.2, 0.25) is 0 Å². The van der Waals surface area contributed by atoms with Crippen LogP contribution in [0.5, 0.6) is 11.5 Å². The van der Waals surface area contributed by atoms with Crippen molar-refractivity contribution >= 4 is 10.8 Å². The molecule has 1 aliphatic carbocycles. The normalized spacial score (nSPS) is 13.7. The lowest BCUT2D eigenvalue weighted by molar-refractivity contribution is 0.475. The molecule has 0 spiro atoms. The van der Waals surface area contributed by atoms with Gasteiger partial charge in [0.25, 0.3) is 0 Å². The molecular formula is C30H22O2. The van der Waals surface area contributed by atoms with Crippen LogP contribution >= 0.6 is 0 Å². The predicted molar refractivity (Wildman–Crippen MR) is 129 cm³/mol. The molecule has 0 bridgehead atoms. The van der Waals surface area contributed by atoms with Crippen molar-refractivity contribution in [3.8, 4) is 22.6 Å². The van der Waals surface area contributed by atoms with Crippen molar-refractivity contribution in [3.63, 3.8) is 0 Å². The highest BCUT2D eigenvalue weighted by Gasteiger charge is 2.47. The van der Waals surface area contributed by atoms with Gasteiger partial charge in [0.15, 0.2) is 0 Å². The molecule has 5 aromatic rings. The highest BCUT2D eigenvalue weighted by Crippen LogP contribution is 2.58. The van der Waals surface area contributed by atoms with E-state index < -0.39 is 5.41 Å². The number of fused-ring (bicyclic) bond motifs is 4. The van der Waals surface area contributed by atoms with Crippen LogP contribution in [-0.2, 0) is 5.41 Å². The van der Waals surface area contributed by atoms with Gasteiger partial charge >= 0.3 is 0 Å². The molecule has 2 nitrogen and oxygen atoms in total. The average Bonchev–Trinajstić information content (AvgIpc) is 3.10. The Morgan fingerprint density at radius 3 is 1.72 bits per heavy atom. The molecule has 6 rings (SSSR count). The third-order valence-corrected chi connectivity index (χ3v) is 6.83. The molecular weight excluding hydrogens is 392 g/mol. The van der Waals surface area contributed by atoms with E-state index >= 15 is 0 Å². The molecule has 1 aliphatic rings. The zero-order chi connectivity index (χ0) is 21.9. The molecule has 0 saturated heterocycles. The first kappa shape index (κ1) is 18.7. The molecule has 0 aliphatic heterocycles. The fourth-order valence-corrected chi connectivity index (χ4v) is 5.49. The maximum Gasteiger partial charge on any atom is 0.115 e. The number of phenols is 2. The summed E-state index contributed by atoms with van der Waals surface area (Å²) in [6.07, 6.45) is 0. The van der Waals surface area contributed by atoms with Gasteiger partial charge in [0.05, 0.1) is 5.41 Å². The Labute approximate surface area is 187 Å². The molecule has 0 radical (unpaired) electrons. The van der Waals surface area contributed by atoms with Crippen molar-refractivity contribution in [1.82, 2.24) is 0 Å². The van der Waals surface area contributed by atoms with Crippen LogP contribution in [0, 0.1) is 6.92 Å². The SMILES string of the molecule is Cc1cccc2c1C(c1ccc(O)cc1)(c1ccc(O)cc1)c1cc3ccccc3cc1-2. The first-order chi connectivity index (χ1) is 15.6. The van der Waals surface area contributed by atoms with Gasteiger partial charge in [-0.1, -0.05) is 66.7 Å². The fraction of sp³-hybridized carbons (Fsp3) is 0.0667. The van der Waals surface area contributed by atoms with Crippen molar-refractivity contribution in [2.45, 2.75) is 12.3 Å². The largest absolute Gasteiger partial charge is 0.508 e. The molecule has 0 heterocycles. The van der Waals surface area contributed by atoms with E-state index in [1.807, 2.05) is 24.3 Å². The highest BCUT2D eigenvalue weighted by atomic mass is 16.3. The van der Waals surface area contributed by atoms with Crippen molar-refractivity contribution in [2.75, 3.05) is 0 Å². The van der Waals surface area contributed by atoms with E-state index in [1.54, 1.807) is 24.3 Å². The number of benzene rings is 5. The van der Waals surface area contributed by atoms with Crippen LogP contribution in [-0.4, -0.2) is 10.2 Å². The second-order valence-electron chi connectivity index (χ2n) is 8.59. The second-order valence-corrected chi connectivity index (χ2v) is 8.59. The van der Waals surface area contributed by atoms with Crippen molar-refractivity contribution in [1.29, 1.82) is 0 Å². The number of aromatic hydroxyl groups is 2. The summed E-state index contributed by atoms with van der Waals surface area (Å²) in [5.74, 6) is 0.493. The first-order valence-electron chi connectivity index (χ1n) is 10.8. The number of hydrogen-bond acceptors (Lipinski definition) is 2. The summed E-state index contributed by atoms with van der Waals surface area (Å²) >= 11 is 0. The Balaban J connectivity index is 1.83. The van der Waals surface area contributed by atoms with Gasteiger partial charge in [0.1, 0.15) is 11.5 Å². The van der Waals surface area contributed by atoms with E-state index in [4.69, 9.17) is 0 Å². The number of aryl methyl sites for hydroxylation is 1. The highest BCUT2D eigenvalue weighted by molar-refractivity contribution is 5.96. The summed E-state index contributed by atoms with van der Waals surface area (Å²) in [4.78, 5) is 0. The molecule has 0 saturated carbocycles. The van der Waals surface area contributed by atoms with Gasteiger partial charge in [-0.05, 0) is 93.0 Å². The lowest BCUT2D eigenvalue weighted by Gasteiger charge is -2.35. The molecule has 5 aromatic carbocycles. The molecule has 0 amide bonds. The average molecular weight is 415 g/mol. The zero-order valence-electron chi connectivity index (χ0n) is 17.7. The topological polar surface area (TPSA) is 40.5 Å². The van der Waals surface area contributed by atoms with Crippen LogP contribution in [0.1, 0.15) is 27.8 Å². The van der Waals surface area contributed by atoms with E-state index in [1.165, 1.54) is 38.6 Å². The first-order valence-corrected chi connectivity index (χ1v) is 10.8. The molecule has 0 atom stereocenters. The summed E-state index contributed by atoms with van der Waals surface area (Å²) in [5.41, 5.74) is 7.76. The van der Waals surface area contributed by atoms with Crippen LogP contribution in [0.2, 0.25) is 0 Å². The minimum Gasteiger partial charge on any atom is -0.508 e. The van der Waals surface area contributed by atoms with Crippen LogP contribution in [0.15, 0.2) is 103 Å². The molecule has 0 unspecified atom stereocenters. The van der Waals surface area contributed by atoms with E-state index in [9.17, 15) is 10.2 Å². The number of rotatable bonds is 2. The molecule has 0 aromatic heterocycles. The second kappa shape index (κ2) is 6.73. The number of phenolic OH excluding ortho intramolecular Hbond substituents is 2. The Morgan fingerprint density at radius 2 is 1.12 bits per heavy atom. The maximum atomic E-state index is 10.0. The fourth-order valence-electron chi connectivity index (χ4n) is 5.49. The standard InChI is InChI=1S/C30H22O2/c1-19-5-4-8-26-27-17-20-6-2-3-7-21(20)18-28(27)30(29(19)26,22-9-13-24(31)14-10-22)23-11-15-25(32)16-12-23/h2-18,31-32H,1H3. The van der Waals surface area contributed by atoms with Gasteiger partial charge in [-0.3, -0.25) is 0 Å². The molecule has 154 valence electrons. The third kappa shape index (κ3) is 2.47. The summed E-state index contributed by atoms with van der Waals surface area (Å²) in [7, 11) is 0. The smallest absolute Gasteiger partial charge is 0.115 e. The van der Waals surface area contributed by atoms with Crippen LogP contribution in [0.4, 0.5) is 0 Å². The minimum atomic E-state index is -0.554. The predicted octanol–water partition coefficient (Wildman–Crippen LogP) is 6.92. The van der Waals surface area contributed by atoms with Crippen molar-refractivity contribution in [2.24, 2.45) is 0 Å². The van der Waals surface area contributed by atoms with E-state index in [-0.39, 0.29) is 11.5 Å². The molecule has 0 fully saturated rings. The Morgan fingerprint density at radius 1 is 0.562 bits per heavy atom. The van der Waals surface area contributed by atoms with Crippen LogP contribution < -0.4 is 0 Å². The lowest BCUT2D eigenvalue weighted by atomic mass is 9.66. The maximum absolute atomic E-state index is 10.0. The zero-order valence-corrected chi connectivity index (χ0v) is 17.7. The third-order valence-electron chi connectivity index (χ3n) is 6.83. The monoisotopic (exact) mass is 414 g/mol. The summed E-state index contributed by atoms with van der Waals surface area (Å²) in [5, 5.41) is 22.5. The van der Waals surface area contributed by atoms with Crippen molar-refractivity contribution in [3.05, 3.63) is 131 Å². The van der Waals surface area contributed by atoms with Crippen LogP contribution in [0.3, 0.4) is 0 Å². The summed E-state index contributed by atoms with van der Waals surface area (Å²) < 4.78 is 0. The van der Waals surface area contributed by atoms with Gasteiger partial charge < -0.3 is 10.2 Å². The van der Waals surface area contributed by atoms with Gasteiger partial charge in [-0.2, -0.15) is 0 Å². The van der Waals surface area contributed by atoms with Crippen molar-refractivity contribution < 1.29 is 10.2 Å². The quantitative estimate of drug-likeness (QED) is 0.323. The van der Waals surface area contributed by atoms with Gasteiger partial charge in [0, 0.05) is 0 Å². The summed E-state index contributed by atoms with van der Waals surface area (Å²) in [6.45, 7) is 2.17. The lowest BCUT2D eigenvalue weighted by Crippen LogP contribution is -2.29. The van der Waals surface area contributed by atoms with Crippen LogP contribution in [0.25, 0.3) is 21.9 Å². The summed E-state index contributed by atoms with van der Waals surface area (Å²) in [6, 6.07) is 34.7.